The number of esters is 2. The van der Waals surface area contributed by atoms with Crippen molar-refractivity contribution in [3.63, 3.8) is 0 Å². The highest BCUT2D eigenvalue weighted by Crippen LogP contribution is 2.36. The summed E-state index contributed by atoms with van der Waals surface area (Å²) >= 11 is 9.88. The maximum Gasteiger partial charge on any atom is 0.337 e. The SMILES string of the molecule is CCC1C(C(=O)OCCCSc2cccc(Cl)c2)=C(C)NC(I)=C1C(=O)OC(CN1CCOCC1)CN1CCOCC1. The Balaban J connectivity index is 1.37. The number of carbonyl (C=O) groups excluding carboxylic acids is 2. The van der Waals surface area contributed by atoms with E-state index in [-0.39, 0.29) is 12.1 Å². The van der Waals surface area contributed by atoms with Crippen molar-refractivity contribution in [3.8, 4) is 0 Å². The number of halogens is 2. The molecule has 3 aliphatic rings. The van der Waals surface area contributed by atoms with Gasteiger partial charge < -0.3 is 24.3 Å². The molecule has 232 valence electrons. The second-order valence-corrected chi connectivity index (χ2v) is 13.2. The number of benzene rings is 1. The lowest BCUT2D eigenvalue weighted by molar-refractivity contribution is -0.148. The van der Waals surface area contributed by atoms with Gasteiger partial charge in [0.05, 0.1) is 47.9 Å². The molecule has 0 aromatic heterocycles. The fourth-order valence-corrected chi connectivity index (χ4v) is 7.47. The summed E-state index contributed by atoms with van der Waals surface area (Å²) in [5.74, 6) is -0.399. The lowest BCUT2D eigenvalue weighted by atomic mass is 9.85. The number of rotatable bonds is 13. The number of allylic oxidation sites excluding steroid dienone is 1. The summed E-state index contributed by atoms with van der Waals surface area (Å²) in [4.78, 5) is 32.8. The van der Waals surface area contributed by atoms with Crippen LogP contribution >= 0.6 is 46.0 Å². The third kappa shape index (κ3) is 9.83. The molecule has 1 N–H and O–H groups in total. The molecule has 1 unspecified atom stereocenters. The summed E-state index contributed by atoms with van der Waals surface area (Å²) in [6.45, 7) is 11.4. The van der Waals surface area contributed by atoms with Gasteiger partial charge in [0, 0.05) is 66.6 Å². The average molecular weight is 734 g/mol. The smallest absolute Gasteiger partial charge is 0.337 e. The molecule has 0 saturated carbocycles. The van der Waals surface area contributed by atoms with Gasteiger partial charge in [-0.05, 0) is 60.6 Å². The maximum absolute atomic E-state index is 13.8. The van der Waals surface area contributed by atoms with Crippen LogP contribution in [0.25, 0.3) is 0 Å². The van der Waals surface area contributed by atoms with Crippen LogP contribution in [-0.2, 0) is 28.5 Å². The highest BCUT2D eigenvalue weighted by Gasteiger charge is 2.37. The van der Waals surface area contributed by atoms with Gasteiger partial charge in [0.1, 0.15) is 6.10 Å². The van der Waals surface area contributed by atoms with Gasteiger partial charge in [0.25, 0.3) is 0 Å². The number of hydrogen-bond donors (Lipinski definition) is 1. The van der Waals surface area contributed by atoms with E-state index in [1.54, 1.807) is 11.8 Å². The van der Waals surface area contributed by atoms with Crippen LogP contribution < -0.4 is 5.32 Å². The molecule has 42 heavy (non-hydrogen) atoms. The Hall–Kier alpha value is -1.35. The number of carbonyl (C=O) groups is 2. The van der Waals surface area contributed by atoms with Gasteiger partial charge >= 0.3 is 11.9 Å². The van der Waals surface area contributed by atoms with E-state index in [0.717, 1.165) is 36.8 Å². The minimum atomic E-state index is -0.411. The van der Waals surface area contributed by atoms with Crippen LogP contribution in [0.1, 0.15) is 26.7 Å². The molecule has 0 radical (unpaired) electrons. The van der Waals surface area contributed by atoms with Gasteiger partial charge in [-0.2, -0.15) is 0 Å². The Morgan fingerprint density at radius 1 is 1.07 bits per heavy atom. The number of hydrogen-bond acceptors (Lipinski definition) is 10. The lowest BCUT2D eigenvalue weighted by Gasteiger charge is -2.35. The van der Waals surface area contributed by atoms with Crippen molar-refractivity contribution < 1.29 is 28.5 Å². The molecule has 9 nitrogen and oxygen atoms in total. The Morgan fingerprint density at radius 3 is 2.31 bits per heavy atom. The third-order valence-electron chi connectivity index (χ3n) is 7.47. The molecule has 2 saturated heterocycles. The molecule has 4 rings (SSSR count). The zero-order chi connectivity index (χ0) is 29.9. The van der Waals surface area contributed by atoms with Crippen LogP contribution in [-0.4, -0.2) is 106 Å². The summed E-state index contributed by atoms with van der Waals surface area (Å²) in [5.41, 5.74) is 1.69. The molecular formula is C30H41ClIN3O6S. The van der Waals surface area contributed by atoms with Crippen LogP contribution in [0.15, 0.2) is 49.7 Å². The Morgan fingerprint density at radius 2 is 1.71 bits per heavy atom. The number of thioether (sulfide) groups is 1. The monoisotopic (exact) mass is 733 g/mol. The molecule has 0 bridgehead atoms. The highest BCUT2D eigenvalue weighted by molar-refractivity contribution is 14.1. The van der Waals surface area contributed by atoms with E-state index in [1.165, 1.54) is 0 Å². The minimum Gasteiger partial charge on any atom is -0.462 e. The Labute approximate surface area is 271 Å². The summed E-state index contributed by atoms with van der Waals surface area (Å²) in [5, 5.41) is 3.95. The van der Waals surface area contributed by atoms with E-state index in [9.17, 15) is 9.59 Å². The Kier molecular flexibility index (Phi) is 13.8. The van der Waals surface area contributed by atoms with E-state index in [1.807, 2.05) is 38.1 Å². The topological polar surface area (TPSA) is 89.6 Å². The first-order valence-corrected chi connectivity index (χ1v) is 17.0. The van der Waals surface area contributed by atoms with Gasteiger partial charge in [-0.1, -0.05) is 24.6 Å². The fourth-order valence-electron chi connectivity index (χ4n) is 5.33. The summed E-state index contributed by atoms with van der Waals surface area (Å²) in [6.07, 6.45) is 0.956. The number of nitrogens with one attached hydrogen (secondary N) is 1. The molecule has 0 aliphatic carbocycles. The molecule has 1 atom stereocenters. The van der Waals surface area contributed by atoms with Crippen LogP contribution in [0.4, 0.5) is 0 Å². The van der Waals surface area contributed by atoms with Crippen molar-refractivity contribution in [1.29, 1.82) is 0 Å². The first-order chi connectivity index (χ1) is 20.4. The molecule has 1 aromatic carbocycles. The van der Waals surface area contributed by atoms with E-state index < -0.39 is 11.9 Å². The van der Waals surface area contributed by atoms with Crippen LogP contribution in [0.3, 0.4) is 0 Å². The number of dihydropyridines is 1. The standard InChI is InChI=1S/C30H41ClIN3O6S/c1-3-25-26(29(36)40-12-5-17-42-24-7-4-6-22(31)18-24)21(2)33-28(32)27(25)30(37)41-23(19-34-8-13-38-14-9-34)20-35-10-15-39-16-11-35/h4,6-7,18,23,25,33H,3,5,8-17,19-20H2,1-2H3. The van der Waals surface area contributed by atoms with E-state index in [2.05, 4.69) is 37.7 Å². The van der Waals surface area contributed by atoms with E-state index in [0.29, 0.717) is 84.5 Å². The first kappa shape index (κ1) is 33.5. The second kappa shape index (κ2) is 17.2. The maximum atomic E-state index is 13.8. The summed E-state index contributed by atoms with van der Waals surface area (Å²) in [6, 6.07) is 7.70. The van der Waals surface area contributed by atoms with Crippen LogP contribution in [0.5, 0.6) is 0 Å². The zero-order valence-corrected chi connectivity index (χ0v) is 28.1. The van der Waals surface area contributed by atoms with Crippen molar-refractivity contribution in [3.05, 3.63) is 49.8 Å². The van der Waals surface area contributed by atoms with Gasteiger partial charge in [-0.3, -0.25) is 9.80 Å². The normalized spacial score (nSPS) is 20.5. The quantitative estimate of drug-likeness (QED) is 0.103. The minimum absolute atomic E-state index is 0.293. The largest absolute Gasteiger partial charge is 0.462 e. The third-order valence-corrected chi connectivity index (χ3v) is 9.64. The molecule has 12 heteroatoms. The average Bonchev–Trinajstić information content (AvgIpc) is 2.97. The van der Waals surface area contributed by atoms with Gasteiger partial charge in [0.15, 0.2) is 0 Å². The van der Waals surface area contributed by atoms with E-state index in [4.69, 9.17) is 30.5 Å². The van der Waals surface area contributed by atoms with Crippen molar-refractivity contribution >= 4 is 57.9 Å². The number of morpholine rings is 2. The van der Waals surface area contributed by atoms with Crippen LogP contribution in [0.2, 0.25) is 5.02 Å². The zero-order valence-electron chi connectivity index (χ0n) is 24.4. The summed E-state index contributed by atoms with van der Waals surface area (Å²) < 4.78 is 23.6. The highest BCUT2D eigenvalue weighted by atomic mass is 127. The fraction of sp³-hybridized carbons (Fsp3) is 0.600. The molecular weight excluding hydrogens is 693 g/mol. The second-order valence-electron chi connectivity index (χ2n) is 10.5. The van der Waals surface area contributed by atoms with Crippen molar-refractivity contribution in [2.45, 2.75) is 37.7 Å². The molecule has 2 fully saturated rings. The molecule has 1 aromatic rings. The number of ether oxygens (including phenoxy) is 4. The number of nitrogens with zero attached hydrogens (tertiary/aromatic N) is 2. The lowest BCUT2D eigenvalue weighted by Crippen LogP contribution is -2.48. The van der Waals surface area contributed by atoms with Gasteiger partial charge in [-0.25, -0.2) is 9.59 Å². The Bertz CT molecular complexity index is 1120. The van der Waals surface area contributed by atoms with E-state index >= 15 is 0 Å². The van der Waals surface area contributed by atoms with Crippen molar-refractivity contribution in [1.82, 2.24) is 15.1 Å². The van der Waals surface area contributed by atoms with Gasteiger partial charge in [-0.15, -0.1) is 11.8 Å². The molecule has 0 spiro atoms. The predicted molar refractivity (Wildman–Crippen MR) is 173 cm³/mol. The van der Waals surface area contributed by atoms with Gasteiger partial charge in [0.2, 0.25) is 0 Å². The van der Waals surface area contributed by atoms with Crippen LogP contribution in [0, 0.1) is 5.92 Å². The van der Waals surface area contributed by atoms with Crippen molar-refractivity contribution in [2.24, 2.45) is 5.92 Å². The van der Waals surface area contributed by atoms with Crippen molar-refractivity contribution in [2.75, 3.05) is 78.1 Å². The molecule has 3 aliphatic heterocycles. The molecule has 3 heterocycles. The summed E-state index contributed by atoms with van der Waals surface area (Å²) in [7, 11) is 0. The first-order valence-electron chi connectivity index (χ1n) is 14.6. The molecule has 0 amide bonds. The predicted octanol–water partition coefficient (Wildman–Crippen LogP) is 4.49.